The van der Waals surface area contributed by atoms with Gasteiger partial charge in [-0.15, -0.1) is 0 Å². The van der Waals surface area contributed by atoms with E-state index in [4.69, 9.17) is 0 Å². The van der Waals surface area contributed by atoms with Gasteiger partial charge in [-0.05, 0) is 24.4 Å². The third-order valence-corrected chi connectivity index (χ3v) is 2.91. The average molecular weight is 217 g/mol. The maximum atomic E-state index is 3.24. The second-order valence-electron chi connectivity index (χ2n) is 4.63. The first-order chi connectivity index (χ1) is 7.65. The molecular weight excluding hydrogens is 194 g/mol. The number of hydrogen-bond donors (Lipinski definition) is 1. The summed E-state index contributed by atoms with van der Waals surface area (Å²) in [6.45, 7) is 7.74. The Kier molecular flexibility index (Phi) is 5.27. The largest absolute Gasteiger partial charge is 0.316 e. The summed E-state index contributed by atoms with van der Waals surface area (Å²) < 4.78 is 0. The van der Waals surface area contributed by atoms with Crippen molar-refractivity contribution in [1.29, 1.82) is 0 Å². The summed E-state index contributed by atoms with van der Waals surface area (Å²) in [5, 5.41) is 3.24. The fourth-order valence-electron chi connectivity index (χ4n) is 1.83. The monoisotopic (exact) mass is 217 g/mol. The van der Waals surface area contributed by atoms with E-state index in [2.05, 4.69) is 62.5 Å². The summed E-state index contributed by atoms with van der Waals surface area (Å²) in [5.41, 5.74) is 2.87. The van der Waals surface area contributed by atoms with Crippen LogP contribution in [0.4, 0.5) is 0 Å². The molecule has 1 aromatic carbocycles. The molecule has 0 aromatic heterocycles. The van der Waals surface area contributed by atoms with Crippen molar-refractivity contribution in [3.63, 3.8) is 0 Å². The first-order valence-corrected chi connectivity index (χ1v) is 6.05. The van der Waals surface area contributed by atoms with Crippen molar-refractivity contribution in [3.05, 3.63) is 47.5 Å². The van der Waals surface area contributed by atoms with Crippen LogP contribution in [0.5, 0.6) is 0 Å². The Morgan fingerprint density at radius 1 is 1.19 bits per heavy atom. The van der Waals surface area contributed by atoms with Gasteiger partial charge in [0, 0.05) is 6.54 Å². The van der Waals surface area contributed by atoms with E-state index in [-0.39, 0.29) is 0 Å². The topological polar surface area (TPSA) is 12.0 Å². The van der Waals surface area contributed by atoms with Gasteiger partial charge in [-0.2, -0.15) is 0 Å². The van der Waals surface area contributed by atoms with Crippen LogP contribution in [-0.4, -0.2) is 13.6 Å². The van der Waals surface area contributed by atoms with Gasteiger partial charge in [0.25, 0.3) is 0 Å². The third-order valence-electron chi connectivity index (χ3n) is 2.91. The molecule has 0 bridgehead atoms. The fraction of sp³-hybridized carbons (Fsp3) is 0.467. The zero-order valence-electron chi connectivity index (χ0n) is 10.8. The molecule has 0 saturated heterocycles. The Hall–Kier alpha value is -1.08. The van der Waals surface area contributed by atoms with Crippen LogP contribution in [0.25, 0.3) is 0 Å². The van der Waals surface area contributed by atoms with E-state index in [9.17, 15) is 0 Å². The molecule has 0 aliphatic rings. The van der Waals surface area contributed by atoms with Gasteiger partial charge in [0.15, 0.2) is 0 Å². The molecule has 0 amide bonds. The molecule has 1 rings (SSSR count). The second kappa shape index (κ2) is 6.49. The number of allylic oxidation sites excluding steroid dienone is 1. The first kappa shape index (κ1) is 13.0. The van der Waals surface area contributed by atoms with Gasteiger partial charge in [0.2, 0.25) is 0 Å². The van der Waals surface area contributed by atoms with Crippen LogP contribution < -0.4 is 5.32 Å². The number of hydrogen-bond acceptors (Lipinski definition) is 1. The molecule has 1 unspecified atom stereocenters. The SMILES string of the molecule is CNC/C(=C/C(C)c1ccccc1)C(C)C. The minimum atomic E-state index is 0.493. The third kappa shape index (κ3) is 3.82. The summed E-state index contributed by atoms with van der Waals surface area (Å²) in [4.78, 5) is 0. The molecule has 0 aliphatic heterocycles. The van der Waals surface area contributed by atoms with E-state index in [1.807, 2.05) is 7.05 Å². The minimum Gasteiger partial charge on any atom is -0.316 e. The highest BCUT2D eigenvalue weighted by Gasteiger charge is 2.06. The predicted octanol–water partition coefficient (Wildman–Crippen LogP) is 3.59. The standard InChI is InChI=1S/C15H23N/c1-12(2)15(11-16-4)10-13(3)14-8-6-5-7-9-14/h5-10,12-13,16H,11H2,1-4H3/b15-10-. The van der Waals surface area contributed by atoms with Gasteiger partial charge in [-0.1, -0.05) is 62.8 Å². The molecule has 0 spiro atoms. The molecule has 0 aliphatic carbocycles. The van der Waals surface area contributed by atoms with Crippen molar-refractivity contribution < 1.29 is 0 Å². The average Bonchev–Trinajstić information content (AvgIpc) is 2.29. The van der Waals surface area contributed by atoms with Crippen LogP contribution in [0.3, 0.4) is 0 Å². The molecule has 0 saturated carbocycles. The molecular formula is C15H23N. The maximum Gasteiger partial charge on any atom is 0.0164 e. The molecule has 1 N–H and O–H groups in total. The lowest BCUT2D eigenvalue weighted by Gasteiger charge is -2.15. The van der Waals surface area contributed by atoms with Gasteiger partial charge >= 0.3 is 0 Å². The lowest BCUT2D eigenvalue weighted by molar-refractivity contribution is 0.694. The molecule has 1 heteroatoms. The molecule has 0 radical (unpaired) electrons. The predicted molar refractivity (Wildman–Crippen MR) is 71.7 cm³/mol. The van der Waals surface area contributed by atoms with E-state index in [1.54, 1.807) is 0 Å². The summed E-state index contributed by atoms with van der Waals surface area (Å²) in [7, 11) is 2.00. The van der Waals surface area contributed by atoms with E-state index < -0.39 is 0 Å². The second-order valence-corrected chi connectivity index (χ2v) is 4.63. The molecule has 0 fully saturated rings. The van der Waals surface area contributed by atoms with E-state index >= 15 is 0 Å². The quantitative estimate of drug-likeness (QED) is 0.743. The van der Waals surface area contributed by atoms with Crippen LogP contribution in [-0.2, 0) is 0 Å². The van der Waals surface area contributed by atoms with Crippen molar-refractivity contribution in [2.75, 3.05) is 13.6 Å². The summed E-state index contributed by atoms with van der Waals surface area (Å²) in [6, 6.07) is 10.7. The highest BCUT2D eigenvalue weighted by Crippen LogP contribution is 2.20. The Morgan fingerprint density at radius 2 is 1.81 bits per heavy atom. The van der Waals surface area contributed by atoms with Crippen molar-refractivity contribution in [3.8, 4) is 0 Å². The molecule has 1 aromatic rings. The molecule has 16 heavy (non-hydrogen) atoms. The fourth-order valence-corrected chi connectivity index (χ4v) is 1.83. The molecule has 1 nitrogen and oxygen atoms in total. The van der Waals surface area contributed by atoms with Crippen LogP contribution in [0, 0.1) is 5.92 Å². The van der Waals surface area contributed by atoms with Crippen LogP contribution >= 0.6 is 0 Å². The van der Waals surface area contributed by atoms with E-state index in [0.717, 1.165) is 6.54 Å². The number of nitrogens with one attached hydrogen (secondary N) is 1. The first-order valence-electron chi connectivity index (χ1n) is 6.05. The molecule has 0 heterocycles. The van der Waals surface area contributed by atoms with Crippen molar-refractivity contribution >= 4 is 0 Å². The Balaban J connectivity index is 2.80. The maximum absolute atomic E-state index is 3.24. The zero-order chi connectivity index (χ0) is 12.0. The van der Waals surface area contributed by atoms with Gasteiger partial charge < -0.3 is 5.32 Å². The minimum absolute atomic E-state index is 0.493. The van der Waals surface area contributed by atoms with E-state index in [0.29, 0.717) is 11.8 Å². The van der Waals surface area contributed by atoms with Crippen molar-refractivity contribution in [1.82, 2.24) is 5.32 Å². The molecule has 88 valence electrons. The highest BCUT2D eigenvalue weighted by atomic mass is 14.8. The highest BCUT2D eigenvalue weighted by molar-refractivity contribution is 5.25. The number of likely N-dealkylation sites (N-methyl/N-ethyl adjacent to an activating group) is 1. The zero-order valence-corrected chi connectivity index (χ0v) is 10.8. The van der Waals surface area contributed by atoms with Crippen LogP contribution in [0.2, 0.25) is 0 Å². The summed E-state index contributed by atoms with van der Waals surface area (Å²) in [5.74, 6) is 1.10. The number of benzene rings is 1. The normalized spacial score (nSPS) is 14.2. The van der Waals surface area contributed by atoms with Gasteiger partial charge in [-0.25, -0.2) is 0 Å². The van der Waals surface area contributed by atoms with Crippen LogP contribution in [0.15, 0.2) is 42.0 Å². The number of rotatable bonds is 5. The smallest absolute Gasteiger partial charge is 0.0164 e. The lowest BCUT2D eigenvalue weighted by Crippen LogP contribution is -2.14. The van der Waals surface area contributed by atoms with Gasteiger partial charge in [-0.3, -0.25) is 0 Å². The summed E-state index contributed by atoms with van der Waals surface area (Å²) in [6.07, 6.45) is 2.39. The summed E-state index contributed by atoms with van der Waals surface area (Å²) >= 11 is 0. The van der Waals surface area contributed by atoms with Crippen molar-refractivity contribution in [2.45, 2.75) is 26.7 Å². The van der Waals surface area contributed by atoms with Crippen molar-refractivity contribution in [2.24, 2.45) is 5.92 Å². The Morgan fingerprint density at radius 3 is 2.31 bits per heavy atom. The van der Waals surface area contributed by atoms with Gasteiger partial charge in [0.05, 0.1) is 0 Å². The van der Waals surface area contributed by atoms with Gasteiger partial charge in [0.1, 0.15) is 0 Å². The van der Waals surface area contributed by atoms with E-state index in [1.165, 1.54) is 11.1 Å². The Bertz CT molecular complexity index is 325. The molecule has 1 atom stereocenters. The lowest BCUT2D eigenvalue weighted by atomic mass is 9.94. The van der Waals surface area contributed by atoms with Crippen LogP contribution in [0.1, 0.15) is 32.3 Å². The Labute approximate surface area is 99.6 Å².